The molecule has 8 nitrogen and oxygen atoms in total. The predicted molar refractivity (Wildman–Crippen MR) is 114 cm³/mol. The number of benzene rings is 2. The molecule has 0 bridgehead atoms. The Morgan fingerprint density at radius 3 is 2.23 bits per heavy atom. The molecule has 2 aromatic rings. The van der Waals surface area contributed by atoms with Crippen molar-refractivity contribution in [3.63, 3.8) is 0 Å². The van der Waals surface area contributed by atoms with Crippen LogP contribution >= 0.6 is 0 Å². The van der Waals surface area contributed by atoms with Crippen molar-refractivity contribution in [2.75, 3.05) is 34.4 Å². The molecule has 1 amide bonds. The molecule has 1 aliphatic heterocycles. The number of rotatable bonds is 7. The van der Waals surface area contributed by atoms with Crippen molar-refractivity contribution in [1.82, 2.24) is 4.90 Å². The average Bonchev–Trinajstić information content (AvgIpc) is 3.08. The summed E-state index contributed by atoms with van der Waals surface area (Å²) in [5.41, 5.74) is 0.970. The summed E-state index contributed by atoms with van der Waals surface area (Å²) in [5, 5.41) is 0. The van der Waals surface area contributed by atoms with Crippen LogP contribution in [0.3, 0.4) is 0 Å². The van der Waals surface area contributed by atoms with Gasteiger partial charge in [0.15, 0.2) is 17.3 Å². The van der Waals surface area contributed by atoms with Gasteiger partial charge in [-0.3, -0.25) is 4.79 Å². The van der Waals surface area contributed by atoms with Crippen molar-refractivity contribution >= 4 is 18.0 Å². The van der Waals surface area contributed by atoms with E-state index in [0.29, 0.717) is 53.0 Å². The fraction of sp³-hybridized carbons (Fsp3) is 0.304. The third-order valence-electron chi connectivity index (χ3n) is 4.89. The van der Waals surface area contributed by atoms with Crippen LogP contribution in [-0.4, -0.2) is 51.2 Å². The maximum Gasteiger partial charge on any atom is 0.415 e. The number of hydrogen-bond donors (Lipinski definition) is 0. The molecule has 164 valence electrons. The lowest BCUT2D eigenvalue weighted by molar-refractivity contribution is 0.101. The van der Waals surface area contributed by atoms with E-state index in [4.69, 9.17) is 23.7 Å². The van der Waals surface area contributed by atoms with Gasteiger partial charge in [0.25, 0.3) is 0 Å². The first-order chi connectivity index (χ1) is 14.9. The molecule has 3 rings (SSSR count). The first kappa shape index (κ1) is 22.0. The third kappa shape index (κ3) is 4.42. The van der Waals surface area contributed by atoms with Crippen molar-refractivity contribution in [1.29, 1.82) is 0 Å². The summed E-state index contributed by atoms with van der Waals surface area (Å²) in [5.74, 6) is 1.94. The Kier molecular flexibility index (Phi) is 6.69. The van der Waals surface area contributed by atoms with E-state index < -0.39 is 6.09 Å². The minimum absolute atomic E-state index is 0.118. The number of methoxy groups -OCH3 is 3. The van der Waals surface area contributed by atoms with Crippen LogP contribution < -0.4 is 23.7 Å². The van der Waals surface area contributed by atoms with Crippen LogP contribution in [0.15, 0.2) is 36.1 Å². The Hall–Kier alpha value is -3.68. The zero-order valence-electron chi connectivity index (χ0n) is 18.2. The lowest BCUT2D eigenvalue weighted by atomic mass is 10.1. The second-order valence-corrected chi connectivity index (χ2v) is 6.59. The van der Waals surface area contributed by atoms with Crippen molar-refractivity contribution in [3.8, 4) is 28.7 Å². The van der Waals surface area contributed by atoms with E-state index in [1.807, 2.05) is 13.8 Å². The highest BCUT2D eigenvalue weighted by atomic mass is 16.6. The second kappa shape index (κ2) is 9.42. The van der Waals surface area contributed by atoms with Gasteiger partial charge in [-0.1, -0.05) is 0 Å². The highest BCUT2D eigenvalue weighted by Gasteiger charge is 2.29. The van der Waals surface area contributed by atoms with Gasteiger partial charge in [-0.15, -0.1) is 0 Å². The summed E-state index contributed by atoms with van der Waals surface area (Å²) < 4.78 is 27.2. The molecule has 2 aromatic carbocycles. The summed E-state index contributed by atoms with van der Waals surface area (Å²) in [4.78, 5) is 26.5. The standard InChI is InChI=1S/C23H25NO7/c1-6-24(7-2)23(26)30-15-8-9-16-18(12-15)31-21(22(16)25)11-14-10-19(28-4)20(29-5)13-17(14)27-3/h8-13H,6-7H2,1-5H3/b21-11-. The maximum absolute atomic E-state index is 12.8. The van der Waals surface area contributed by atoms with Crippen molar-refractivity contribution in [2.45, 2.75) is 13.8 Å². The van der Waals surface area contributed by atoms with E-state index >= 15 is 0 Å². The summed E-state index contributed by atoms with van der Waals surface area (Å²) in [6, 6.07) is 8.04. The second-order valence-electron chi connectivity index (χ2n) is 6.59. The Morgan fingerprint density at radius 1 is 0.968 bits per heavy atom. The third-order valence-corrected chi connectivity index (χ3v) is 4.89. The summed E-state index contributed by atoms with van der Waals surface area (Å²) >= 11 is 0. The molecule has 1 aliphatic rings. The van der Waals surface area contributed by atoms with Crippen LogP contribution in [0.4, 0.5) is 4.79 Å². The molecule has 0 aliphatic carbocycles. The topological polar surface area (TPSA) is 83.5 Å². The number of hydrogen-bond acceptors (Lipinski definition) is 7. The SMILES string of the molecule is CCN(CC)C(=O)Oc1ccc2c(c1)O/C(=C\c1cc(OC)c(OC)cc1OC)C2=O. The minimum Gasteiger partial charge on any atom is -0.496 e. The zero-order valence-corrected chi connectivity index (χ0v) is 18.2. The van der Waals surface area contributed by atoms with Crippen molar-refractivity contribution in [2.24, 2.45) is 0 Å². The highest BCUT2D eigenvalue weighted by Crippen LogP contribution is 2.39. The predicted octanol–water partition coefficient (Wildman–Crippen LogP) is 4.17. The van der Waals surface area contributed by atoms with Gasteiger partial charge in [-0.05, 0) is 38.1 Å². The quantitative estimate of drug-likeness (QED) is 0.613. The first-order valence-corrected chi connectivity index (χ1v) is 9.80. The lowest BCUT2D eigenvalue weighted by Gasteiger charge is -2.17. The smallest absolute Gasteiger partial charge is 0.415 e. The number of fused-ring (bicyclic) bond motifs is 1. The molecule has 0 saturated heterocycles. The molecule has 8 heteroatoms. The average molecular weight is 427 g/mol. The largest absolute Gasteiger partial charge is 0.496 e. The molecule has 1 heterocycles. The summed E-state index contributed by atoms with van der Waals surface area (Å²) in [6.07, 6.45) is 1.12. The molecule has 0 aromatic heterocycles. The summed E-state index contributed by atoms with van der Waals surface area (Å²) in [6.45, 7) is 4.81. The van der Waals surface area contributed by atoms with Crippen molar-refractivity contribution in [3.05, 3.63) is 47.2 Å². The molecular weight excluding hydrogens is 402 g/mol. The molecule has 0 radical (unpaired) electrons. The van der Waals surface area contributed by atoms with Crippen LogP contribution in [-0.2, 0) is 0 Å². The van der Waals surface area contributed by atoms with Gasteiger partial charge in [-0.2, -0.15) is 0 Å². The van der Waals surface area contributed by atoms with Gasteiger partial charge < -0.3 is 28.6 Å². The molecule has 0 fully saturated rings. The summed E-state index contributed by atoms with van der Waals surface area (Å²) in [7, 11) is 4.57. The fourth-order valence-corrected chi connectivity index (χ4v) is 3.18. The Morgan fingerprint density at radius 2 is 1.61 bits per heavy atom. The number of allylic oxidation sites excluding steroid dienone is 1. The van der Waals surface area contributed by atoms with Crippen LogP contribution in [0.25, 0.3) is 6.08 Å². The number of carbonyl (C=O) groups is 2. The number of ether oxygens (including phenoxy) is 5. The fourth-order valence-electron chi connectivity index (χ4n) is 3.18. The molecule has 0 unspecified atom stereocenters. The molecule has 0 spiro atoms. The first-order valence-electron chi connectivity index (χ1n) is 9.80. The Balaban J connectivity index is 1.89. The number of nitrogens with zero attached hydrogens (tertiary/aromatic N) is 1. The number of carbonyl (C=O) groups excluding carboxylic acids is 2. The van der Waals surface area contributed by atoms with E-state index in [2.05, 4.69) is 0 Å². The number of Topliss-reactive ketones (excluding diaryl/α,β-unsaturated/α-hetero) is 1. The van der Waals surface area contributed by atoms with Gasteiger partial charge in [0, 0.05) is 30.8 Å². The van der Waals surface area contributed by atoms with Crippen LogP contribution in [0.2, 0.25) is 0 Å². The van der Waals surface area contributed by atoms with E-state index in [1.54, 1.807) is 35.2 Å². The van der Waals surface area contributed by atoms with E-state index in [-0.39, 0.29) is 11.5 Å². The van der Waals surface area contributed by atoms with E-state index in [1.165, 1.54) is 27.4 Å². The number of ketones is 1. The van der Waals surface area contributed by atoms with Crippen molar-refractivity contribution < 1.29 is 33.3 Å². The van der Waals surface area contributed by atoms with Gasteiger partial charge in [-0.25, -0.2) is 4.79 Å². The van der Waals surface area contributed by atoms with Crippen LogP contribution in [0.5, 0.6) is 28.7 Å². The molecule has 0 N–H and O–H groups in total. The maximum atomic E-state index is 12.8. The monoisotopic (exact) mass is 427 g/mol. The van der Waals surface area contributed by atoms with Crippen LogP contribution in [0.1, 0.15) is 29.8 Å². The molecule has 0 atom stereocenters. The lowest BCUT2D eigenvalue weighted by Crippen LogP contribution is -2.33. The zero-order chi connectivity index (χ0) is 22.5. The van der Waals surface area contributed by atoms with Gasteiger partial charge in [0.05, 0.1) is 26.9 Å². The normalized spacial score (nSPS) is 13.5. The van der Waals surface area contributed by atoms with Crippen LogP contribution in [0, 0.1) is 0 Å². The highest BCUT2D eigenvalue weighted by molar-refractivity contribution is 6.14. The molecular formula is C23H25NO7. The molecule has 0 saturated carbocycles. The van der Waals surface area contributed by atoms with E-state index in [0.717, 1.165) is 0 Å². The minimum atomic E-state index is -0.458. The van der Waals surface area contributed by atoms with Gasteiger partial charge in [0.1, 0.15) is 17.2 Å². The Bertz CT molecular complexity index is 1020. The van der Waals surface area contributed by atoms with Gasteiger partial charge >= 0.3 is 6.09 Å². The Labute approximate surface area is 180 Å². The molecule has 31 heavy (non-hydrogen) atoms. The van der Waals surface area contributed by atoms with Gasteiger partial charge in [0.2, 0.25) is 5.78 Å². The van der Waals surface area contributed by atoms with E-state index in [9.17, 15) is 9.59 Å². The number of amides is 1.